The number of benzene rings is 2. The van der Waals surface area contributed by atoms with E-state index >= 15 is 0 Å². The van der Waals surface area contributed by atoms with Crippen LogP contribution in [0.3, 0.4) is 0 Å². The standard InChI is InChI=1S/C22H16ClFN2O4/c1-28-21(27)9-13-2-3-14(8-18(13)24)19-10-25-11-20(26-19)30-12-15-4-5-17(23)16-6-7-29-22(15)16/h2-8,10-11H,9,12H2,1H3. The molecule has 0 aliphatic carbocycles. The minimum absolute atomic E-state index is 0.139. The van der Waals surface area contributed by atoms with Crippen molar-refractivity contribution in [2.45, 2.75) is 13.0 Å². The number of nitrogens with zero attached hydrogens (tertiary/aromatic N) is 2. The highest BCUT2D eigenvalue weighted by Crippen LogP contribution is 2.28. The summed E-state index contributed by atoms with van der Waals surface area (Å²) in [6, 6.07) is 9.89. The number of aromatic nitrogens is 2. The molecule has 0 amide bonds. The minimum atomic E-state index is -0.521. The lowest BCUT2D eigenvalue weighted by Gasteiger charge is -2.09. The maximum Gasteiger partial charge on any atom is 0.310 e. The van der Waals surface area contributed by atoms with Gasteiger partial charge < -0.3 is 13.9 Å². The van der Waals surface area contributed by atoms with Gasteiger partial charge in [0.15, 0.2) is 0 Å². The molecule has 4 aromatic rings. The maximum absolute atomic E-state index is 14.3. The molecule has 0 aliphatic heterocycles. The second-order valence-electron chi connectivity index (χ2n) is 6.46. The summed E-state index contributed by atoms with van der Waals surface area (Å²) >= 11 is 6.16. The molecule has 0 radical (unpaired) electrons. The highest BCUT2D eigenvalue weighted by Gasteiger charge is 2.12. The fourth-order valence-corrected chi connectivity index (χ4v) is 3.20. The summed E-state index contributed by atoms with van der Waals surface area (Å²) in [6.07, 6.45) is 4.41. The van der Waals surface area contributed by atoms with Gasteiger partial charge in [-0.2, -0.15) is 0 Å². The van der Waals surface area contributed by atoms with Gasteiger partial charge in [-0.25, -0.2) is 9.37 Å². The predicted molar refractivity (Wildman–Crippen MR) is 109 cm³/mol. The third-order valence-electron chi connectivity index (χ3n) is 4.54. The molecule has 0 N–H and O–H groups in total. The van der Waals surface area contributed by atoms with Gasteiger partial charge in [0.05, 0.1) is 42.9 Å². The first kappa shape index (κ1) is 19.8. The molecule has 0 bridgehead atoms. The highest BCUT2D eigenvalue weighted by atomic mass is 35.5. The average Bonchev–Trinajstić information content (AvgIpc) is 3.26. The highest BCUT2D eigenvalue weighted by molar-refractivity contribution is 6.35. The fraction of sp³-hybridized carbons (Fsp3) is 0.136. The molecule has 0 spiro atoms. The van der Waals surface area contributed by atoms with Gasteiger partial charge >= 0.3 is 5.97 Å². The van der Waals surface area contributed by atoms with Gasteiger partial charge in [0.1, 0.15) is 18.0 Å². The fourth-order valence-electron chi connectivity index (χ4n) is 2.98. The molecular formula is C22H16ClFN2O4. The normalized spacial score (nSPS) is 10.9. The first-order valence-electron chi connectivity index (χ1n) is 9.00. The second kappa shape index (κ2) is 8.51. The van der Waals surface area contributed by atoms with Crippen LogP contribution >= 0.6 is 11.6 Å². The molecule has 30 heavy (non-hydrogen) atoms. The zero-order valence-corrected chi connectivity index (χ0v) is 16.6. The Labute approximate surface area is 176 Å². The van der Waals surface area contributed by atoms with Crippen LogP contribution in [0.1, 0.15) is 11.1 Å². The smallest absolute Gasteiger partial charge is 0.310 e. The number of methoxy groups -OCH3 is 1. The Hall–Kier alpha value is -3.45. The lowest BCUT2D eigenvalue weighted by Crippen LogP contribution is -2.06. The average molecular weight is 427 g/mol. The van der Waals surface area contributed by atoms with E-state index in [-0.39, 0.29) is 24.5 Å². The van der Waals surface area contributed by atoms with Crippen molar-refractivity contribution >= 4 is 28.5 Å². The van der Waals surface area contributed by atoms with Crippen LogP contribution in [-0.2, 0) is 22.6 Å². The van der Waals surface area contributed by atoms with Crippen LogP contribution in [0.2, 0.25) is 5.02 Å². The van der Waals surface area contributed by atoms with Gasteiger partial charge in [-0.3, -0.25) is 9.78 Å². The molecule has 0 atom stereocenters. The number of furan rings is 1. The van der Waals surface area contributed by atoms with E-state index in [1.54, 1.807) is 24.5 Å². The molecule has 0 saturated heterocycles. The topological polar surface area (TPSA) is 74.5 Å². The molecule has 4 rings (SSSR count). The molecule has 2 heterocycles. The molecule has 8 heteroatoms. The Morgan fingerprint density at radius 3 is 2.80 bits per heavy atom. The zero-order chi connectivity index (χ0) is 21.1. The number of rotatable bonds is 6. The summed E-state index contributed by atoms with van der Waals surface area (Å²) in [5.41, 5.74) is 2.66. The van der Waals surface area contributed by atoms with Crippen molar-refractivity contribution in [2.75, 3.05) is 7.11 Å². The van der Waals surface area contributed by atoms with Crippen LogP contribution in [0.5, 0.6) is 5.88 Å². The number of esters is 1. The molecule has 152 valence electrons. The largest absolute Gasteiger partial charge is 0.472 e. The summed E-state index contributed by atoms with van der Waals surface area (Å²) in [7, 11) is 1.26. The minimum Gasteiger partial charge on any atom is -0.472 e. The zero-order valence-electron chi connectivity index (χ0n) is 15.9. The Balaban J connectivity index is 1.53. The van der Waals surface area contributed by atoms with Crippen molar-refractivity contribution in [1.29, 1.82) is 0 Å². The van der Waals surface area contributed by atoms with E-state index in [2.05, 4.69) is 14.7 Å². The third-order valence-corrected chi connectivity index (χ3v) is 4.87. The molecule has 0 aliphatic rings. The quantitative estimate of drug-likeness (QED) is 0.405. The van der Waals surface area contributed by atoms with E-state index in [1.807, 2.05) is 6.07 Å². The molecule has 0 fully saturated rings. The van der Waals surface area contributed by atoms with Crippen molar-refractivity contribution < 1.29 is 23.1 Å². The van der Waals surface area contributed by atoms with Crippen molar-refractivity contribution in [3.8, 4) is 17.1 Å². The predicted octanol–water partition coefficient (Wildman–Crippen LogP) is 4.98. The Morgan fingerprint density at radius 2 is 2.00 bits per heavy atom. The van der Waals surface area contributed by atoms with Gasteiger partial charge in [-0.15, -0.1) is 0 Å². The lowest BCUT2D eigenvalue weighted by atomic mass is 10.1. The first-order valence-corrected chi connectivity index (χ1v) is 9.38. The van der Waals surface area contributed by atoms with Gasteiger partial charge in [0.2, 0.25) is 5.88 Å². The van der Waals surface area contributed by atoms with Crippen LogP contribution < -0.4 is 4.74 Å². The molecule has 6 nitrogen and oxygen atoms in total. The number of hydrogen-bond acceptors (Lipinski definition) is 6. The van der Waals surface area contributed by atoms with Gasteiger partial charge in [0.25, 0.3) is 0 Å². The van der Waals surface area contributed by atoms with E-state index in [4.69, 9.17) is 20.8 Å². The summed E-state index contributed by atoms with van der Waals surface area (Å²) in [5, 5.41) is 1.40. The number of ether oxygens (including phenoxy) is 2. The number of carbonyl (C=O) groups is 1. The van der Waals surface area contributed by atoms with Gasteiger partial charge in [0, 0.05) is 16.5 Å². The first-order chi connectivity index (χ1) is 14.5. The van der Waals surface area contributed by atoms with Crippen LogP contribution in [0, 0.1) is 5.82 Å². The molecular weight excluding hydrogens is 411 g/mol. The summed E-state index contributed by atoms with van der Waals surface area (Å²) < 4.78 is 30.2. The van der Waals surface area contributed by atoms with Crippen LogP contribution in [-0.4, -0.2) is 23.0 Å². The van der Waals surface area contributed by atoms with E-state index < -0.39 is 11.8 Å². The summed E-state index contributed by atoms with van der Waals surface area (Å²) in [5.74, 6) is -0.752. The number of fused-ring (bicyclic) bond motifs is 1. The number of hydrogen-bond donors (Lipinski definition) is 0. The van der Waals surface area contributed by atoms with Crippen molar-refractivity contribution in [3.63, 3.8) is 0 Å². The lowest BCUT2D eigenvalue weighted by molar-refractivity contribution is -0.139. The maximum atomic E-state index is 14.3. The Bertz CT molecular complexity index is 1220. The van der Waals surface area contributed by atoms with Crippen LogP contribution in [0.25, 0.3) is 22.2 Å². The van der Waals surface area contributed by atoms with E-state index in [1.165, 1.54) is 31.6 Å². The van der Waals surface area contributed by atoms with Crippen LogP contribution in [0.4, 0.5) is 4.39 Å². The molecule has 2 aromatic carbocycles. The summed E-state index contributed by atoms with van der Waals surface area (Å²) in [6.45, 7) is 0.200. The van der Waals surface area contributed by atoms with Crippen molar-refractivity contribution in [2.24, 2.45) is 0 Å². The monoisotopic (exact) mass is 426 g/mol. The Morgan fingerprint density at radius 1 is 1.17 bits per heavy atom. The SMILES string of the molecule is COC(=O)Cc1ccc(-c2cncc(OCc3ccc(Cl)c4ccoc34)n2)cc1F. The third kappa shape index (κ3) is 4.11. The second-order valence-corrected chi connectivity index (χ2v) is 6.87. The van der Waals surface area contributed by atoms with E-state index in [9.17, 15) is 9.18 Å². The Kier molecular flexibility index (Phi) is 5.63. The number of carbonyl (C=O) groups excluding carboxylic acids is 1. The van der Waals surface area contributed by atoms with Gasteiger partial charge in [-0.1, -0.05) is 29.8 Å². The van der Waals surface area contributed by atoms with E-state index in [0.717, 1.165) is 10.9 Å². The molecule has 2 aromatic heterocycles. The van der Waals surface area contributed by atoms with Gasteiger partial charge in [-0.05, 0) is 23.8 Å². The number of halogens is 2. The molecule has 0 saturated carbocycles. The molecule has 0 unspecified atom stereocenters. The summed E-state index contributed by atoms with van der Waals surface area (Å²) in [4.78, 5) is 19.9. The van der Waals surface area contributed by atoms with Crippen LogP contribution in [0.15, 0.2) is 59.5 Å². The van der Waals surface area contributed by atoms with E-state index in [0.29, 0.717) is 21.9 Å². The van der Waals surface area contributed by atoms with Crippen molar-refractivity contribution in [1.82, 2.24) is 9.97 Å². The van der Waals surface area contributed by atoms with Crippen molar-refractivity contribution in [3.05, 3.63) is 77.0 Å².